The summed E-state index contributed by atoms with van der Waals surface area (Å²) in [5.41, 5.74) is 4.30. The fraction of sp³-hybridized carbons (Fsp3) is 0.0909. The zero-order valence-corrected chi connectivity index (χ0v) is 20.7. The molecule has 0 aliphatic heterocycles. The number of aromatic nitrogens is 3. The Hall–Kier alpha value is -2.39. The van der Waals surface area contributed by atoms with E-state index in [1.165, 1.54) is 6.92 Å². The molecule has 0 saturated carbocycles. The molecule has 0 aliphatic rings. The van der Waals surface area contributed by atoms with Gasteiger partial charge < -0.3 is 0 Å². The van der Waals surface area contributed by atoms with Crippen molar-refractivity contribution in [3.63, 3.8) is 0 Å². The number of halogens is 1. The molecule has 0 aliphatic carbocycles. The van der Waals surface area contributed by atoms with Gasteiger partial charge in [-0.15, -0.1) is 0 Å². The first-order valence-corrected chi connectivity index (χ1v) is 11.2. The summed E-state index contributed by atoms with van der Waals surface area (Å²) in [6.45, 7) is 7.17. The topological polar surface area (TPSA) is 67.8 Å². The van der Waals surface area contributed by atoms with Crippen molar-refractivity contribution in [2.75, 3.05) is 5.32 Å². The third-order valence-electron chi connectivity index (χ3n) is 4.07. The first-order chi connectivity index (χ1) is 13.9. The van der Waals surface area contributed by atoms with Gasteiger partial charge in [0.05, 0.1) is 0 Å². The number of hydrogen-bond acceptors (Lipinski definition) is 4. The third-order valence-corrected chi connectivity index (χ3v) is 6.47. The molecule has 2 heterocycles. The van der Waals surface area contributed by atoms with Gasteiger partial charge in [-0.25, -0.2) is 0 Å². The van der Waals surface area contributed by atoms with Crippen LogP contribution in [0.1, 0.15) is 19.5 Å². The molecule has 3 rings (SSSR count). The number of anilines is 1. The Morgan fingerprint density at radius 3 is 2.69 bits per heavy atom. The van der Waals surface area contributed by atoms with Crippen molar-refractivity contribution in [3.8, 4) is 11.1 Å². The molecule has 29 heavy (non-hydrogen) atoms. The number of amides is 1. The van der Waals surface area contributed by atoms with E-state index in [-0.39, 0.29) is 11.9 Å². The summed E-state index contributed by atoms with van der Waals surface area (Å²) >= 11 is 6.92. The number of pyridine rings is 1. The van der Waals surface area contributed by atoms with Crippen molar-refractivity contribution < 1.29 is 4.79 Å². The number of rotatable bonds is 5. The Bertz CT molecular complexity index is 1170. The molecular formula is C22H18ClN4OPb. The summed E-state index contributed by atoms with van der Waals surface area (Å²) in [4.78, 5) is 24.9. The minimum absolute atomic E-state index is 0.223. The van der Waals surface area contributed by atoms with Crippen LogP contribution in [-0.2, 0) is 4.79 Å². The van der Waals surface area contributed by atoms with E-state index in [4.69, 9.17) is 11.6 Å². The number of carbonyl (C=O) groups is 1. The average Bonchev–Trinajstić information content (AvgIpc) is 2.68. The molecule has 1 amide bonds. The Balaban J connectivity index is 2.27. The van der Waals surface area contributed by atoms with Crippen LogP contribution in [0.2, 0.25) is 5.15 Å². The van der Waals surface area contributed by atoms with Crippen LogP contribution < -0.4 is 8.44 Å². The van der Waals surface area contributed by atoms with Crippen molar-refractivity contribution in [2.24, 2.45) is 0 Å². The van der Waals surface area contributed by atoms with Crippen LogP contribution in [0.5, 0.6) is 0 Å². The van der Waals surface area contributed by atoms with Gasteiger partial charge in [0, 0.05) is 0 Å². The number of nitrogens with one attached hydrogen (secondary N) is 1. The van der Waals surface area contributed by atoms with Gasteiger partial charge in [0.1, 0.15) is 0 Å². The van der Waals surface area contributed by atoms with Gasteiger partial charge in [-0.3, -0.25) is 0 Å². The van der Waals surface area contributed by atoms with E-state index in [2.05, 4.69) is 32.9 Å². The zero-order valence-electron chi connectivity index (χ0n) is 16.0. The van der Waals surface area contributed by atoms with E-state index < -0.39 is 0 Å². The van der Waals surface area contributed by atoms with Crippen LogP contribution in [0.25, 0.3) is 27.6 Å². The minimum atomic E-state index is -0.223. The maximum absolute atomic E-state index is 11.5. The number of hydrogen-bond donors (Lipinski definition) is 1. The second-order valence-corrected chi connectivity index (χ2v) is 8.68. The monoisotopic (exact) mass is 597 g/mol. The summed E-state index contributed by atoms with van der Waals surface area (Å²) < 4.78 is 1.04. The van der Waals surface area contributed by atoms with E-state index in [0.717, 1.165) is 56.5 Å². The van der Waals surface area contributed by atoms with E-state index in [1.54, 1.807) is 12.3 Å². The number of nitrogens with zero attached hydrogens (tertiary/aromatic N) is 3. The van der Waals surface area contributed by atoms with Crippen LogP contribution in [0.3, 0.4) is 0 Å². The molecular weight excluding hydrogens is 579 g/mol. The summed E-state index contributed by atoms with van der Waals surface area (Å²) in [5, 5.41) is 4.10. The third kappa shape index (κ3) is 4.97. The van der Waals surface area contributed by atoms with Crippen molar-refractivity contribution in [1.29, 1.82) is 0 Å². The van der Waals surface area contributed by atoms with Crippen LogP contribution >= 0.6 is 11.6 Å². The van der Waals surface area contributed by atoms with Gasteiger partial charge in [0.2, 0.25) is 0 Å². The quantitative estimate of drug-likeness (QED) is 0.272. The van der Waals surface area contributed by atoms with Gasteiger partial charge >= 0.3 is 191 Å². The van der Waals surface area contributed by atoms with Gasteiger partial charge in [0.15, 0.2) is 0 Å². The normalized spacial score (nSPS) is 11.8. The second kappa shape index (κ2) is 9.41. The molecule has 0 spiro atoms. The van der Waals surface area contributed by atoms with Crippen molar-refractivity contribution in [1.82, 2.24) is 15.0 Å². The Kier molecular flexibility index (Phi) is 6.92. The first-order valence-electron chi connectivity index (χ1n) is 8.85. The average molecular weight is 597 g/mol. The molecule has 5 nitrogen and oxygen atoms in total. The fourth-order valence-electron chi connectivity index (χ4n) is 2.87. The molecule has 3 radical (unpaired) electrons. The van der Waals surface area contributed by atoms with Crippen LogP contribution in [0.4, 0.5) is 5.95 Å². The predicted molar refractivity (Wildman–Crippen MR) is 120 cm³/mol. The number of fused-ring (bicyclic) bond motifs is 1. The SMILES string of the molecule is C=C/C=C(\C=C/C)c1nc(NC(C)=O)nc2ccc(-c3cnc(Cl)[c]([Pb])c3)cc12. The van der Waals surface area contributed by atoms with Gasteiger partial charge in [-0.1, -0.05) is 0 Å². The fourth-order valence-corrected chi connectivity index (χ4v) is 3.83. The number of carbonyl (C=O) groups excluding carboxylic acids is 1. The molecule has 7 heteroatoms. The van der Waals surface area contributed by atoms with E-state index in [0.29, 0.717) is 10.8 Å². The van der Waals surface area contributed by atoms with E-state index in [1.807, 2.05) is 43.4 Å². The second-order valence-electron chi connectivity index (χ2n) is 6.23. The Morgan fingerprint density at radius 2 is 2.03 bits per heavy atom. The molecule has 143 valence electrons. The molecule has 0 unspecified atom stereocenters. The van der Waals surface area contributed by atoms with Crippen molar-refractivity contribution >= 4 is 68.8 Å². The molecule has 3 aromatic rings. The van der Waals surface area contributed by atoms with Crippen molar-refractivity contribution in [2.45, 2.75) is 13.8 Å². The standard InChI is InChI=1S/C22H18ClN4O.Pb/c1-4-6-15(7-5-2)21-18-12-16(17-9-11-20(23)24-13-17)8-10-19(18)26-22(27-21)25-14(3)28;/h4-10,12-13H,1H2,2-3H3,(H,25,26,27,28);/b7-5-,15-6+;. The predicted octanol–water partition coefficient (Wildman–Crippen LogP) is 4.24. The number of benzene rings is 1. The molecule has 2 aromatic heterocycles. The Labute approximate surface area is 190 Å². The number of allylic oxidation sites excluding steroid dienone is 5. The van der Waals surface area contributed by atoms with Crippen LogP contribution in [-0.4, -0.2) is 46.6 Å². The van der Waals surface area contributed by atoms with Gasteiger partial charge in [-0.05, 0) is 0 Å². The summed E-state index contributed by atoms with van der Waals surface area (Å²) in [6, 6.07) is 7.99. The molecule has 0 fully saturated rings. The van der Waals surface area contributed by atoms with Gasteiger partial charge in [0.25, 0.3) is 0 Å². The maximum atomic E-state index is 11.5. The van der Waals surface area contributed by atoms with E-state index in [9.17, 15) is 4.79 Å². The Morgan fingerprint density at radius 1 is 1.24 bits per heavy atom. The van der Waals surface area contributed by atoms with E-state index >= 15 is 0 Å². The van der Waals surface area contributed by atoms with Gasteiger partial charge in [-0.2, -0.15) is 0 Å². The molecule has 1 aromatic carbocycles. The first kappa shape index (κ1) is 21.3. The molecule has 0 saturated heterocycles. The summed E-state index contributed by atoms with van der Waals surface area (Å²) in [5.74, 6) is 0.0429. The summed E-state index contributed by atoms with van der Waals surface area (Å²) in [7, 11) is 0. The summed E-state index contributed by atoms with van der Waals surface area (Å²) in [6.07, 6.45) is 9.24. The van der Waals surface area contributed by atoms with Crippen molar-refractivity contribution in [3.05, 3.63) is 72.2 Å². The van der Waals surface area contributed by atoms with Crippen LogP contribution in [0.15, 0.2) is 61.3 Å². The molecule has 0 bridgehead atoms. The molecule has 0 atom stereocenters. The zero-order chi connectivity index (χ0) is 21.0. The van der Waals surface area contributed by atoms with Crippen LogP contribution in [0, 0.1) is 0 Å². The molecule has 1 N–H and O–H groups in total.